The number of thiol groups is 1. The molecule has 0 bridgehead atoms. The maximum Gasteiger partial charge on any atom is 0.0654 e. The Morgan fingerprint density at radius 1 is 1.02 bits per heavy atom. The van der Waals surface area contributed by atoms with Crippen LogP contribution in [0.1, 0.15) is 141 Å². The fourth-order valence-corrected chi connectivity index (χ4v) is 11.8. The van der Waals surface area contributed by atoms with Gasteiger partial charge in [-0.2, -0.15) is 12.6 Å². The predicted molar refractivity (Wildman–Crippen MR) is 181 cm³/mol. The number of aliphatic hydroxyl groups excluding tert-OH is 1. The molecule has 0 aliphatic heterocycles. The normalized spacial score (nSPS) is 42.5. The summed E-state index contributed by atoms with van der Waals surface area (Å²) in [6, 6.07) is 0. The molecular formula is C37H70O2S. The van der Waals surface area contributed by atoms with E-state index >= 15 is 0 Å². The van der Waals surface area contributed by atoms with Gasteiger partial charge in [0.05, 0.1) is 5.60 Å². The molecule has 4 rings (SSSR count). The molecule has 0 heterocycles. The van der Waals surface area contributed by atoms with Crippen LogP contribution in [0.2, 0.25) is 0 Å². The topological polar surface area (TPSA) is 40.5 Å². The van der Waals surface area contributed by atoms with Crippen molar-refractivity contribution in [2.24, 2.45) is 51.2 Å². The molecule has 3 heteroatoms. The molecule has 0 aromatic heterocycles. The van der Waals surface area contributed by atoms with Crippen LogP contribution in [0.4, 0.5) is 0 Å². The lowest BCUT2D eigenvalue weighted by molar-refractivity contribution is -0.216. The highest BCUT2D eigenvalue weighted by molar-refractivity contribution is 7.81. The van der Waals surface area contributed by atoms with Gasteiger partial charge >= 0.3 is 0 Å². The molecule has 9 unspecified atom stereocenters. The average Bonchev–Trinajstić information content (AvgIpc) is 3.27. The molecule has 0 aromatic rings. The van der Waals surface area contributed by atoms with Crippen molar-refractivity contribution >= 4 is 12.6 Å². The van der Waals surface area contributed by atoms with E-state index in [1.54, 1.807) is 0 Å². The first-order valence-corrected chi connectivity index (χ1v) is 17.2. The first-order valence-electron chi connectivity index (χ1n) is 16.7. The zero-order valence-corrected chi connectivity index (χ0v) is 30.1. The van der Waals surface area contributed by atoms with Crippen LogP contribution in [-0.2, 0) is 0 Å². The first-order chi connectivity index (χ1) is 18.5. The summed E-state index contributed by atoms with van der Waals surface area (Å²) in [4.78, 5) is 0. The highest BCUT2D eigenvalue weighted by Gasteiger charge is 2.71. The highest BCUT2D eigenvalue weighted by atomic mass is 32.1. The van der Waals surface area contributed by atoms with E-state index in [1.807, 2.05) is 27.7 Å². The van der Waals surface area contributed by atoms with Crippen LogP contribution in [0, 0.1) is 51.2 Å². The Morgan fingerprint density at radius 3 is 2.10 bits per heavy atom. The highest BCUT2D eigenvalue weighted by Crippen LogP contribution is 2.77. The minimum absolute atomic E-state index is 0.213. The predicted octanol–water partition coefficient (Wildman–Crippen LogP) is 10.5. The fourth-order valence-electron chi connectivity index (χ4n) is 11.0. The maximum atomic E-state index is 11.8. The van der Waals surface area contributed by atoms with Gasteiger partial charge in [0.15, 0.2) is 0 Å². The Morgan fingerprint density at radius 2 is 1.57 bits per heavy atom. The number of hydrogen-bond acceptors (Lipinski definition) is 3. The van der Waals surface area contributed by atoms with Crippen molar-refractivity contribution in [3.8, 4) is 0 Å². The van der Waals surface area contributed by atoms with Crippen molar-refractivity contribution < 1.29 is 10.2 Å². The Hall–Kier alpha value is -0.250. The average molecular weight is 579 g/mol. The van der Waals surface area contributed by atoms with E-state index in [0.717, 1.165) is 26.4 Å². The van der Waals surface area contributed by atoms with Crippen LogP contribution in [0.3, 0.4) is 0 Å². The van der Waals surface area contributed by atoms with E-state index in [1.165, 1.54) is 43.3 Å². The number of allylic oxidation sites excluding steroid dienone is 3. The quantitative estimate of drug-likeness (QED) is 0.229. The molecule has 2 nitrogen and oxygen atoms in total. The number of aliphatic hydroxyl groups is 2. The van der Waals surface area contributed by atoms with Gasteiger partial charge in [-0.3, -0.25) is 0 Å². The first kappa shape index (κ1) is 37.8. The van der Waals surface area contributed by atoms with Crippen LogP contribution >= 0.6 is 12.6 Å². The molecular weight excluding hydrogens is 508 g/mol. The third-order valence-corrected chi connectivity index (χ3v) is 13.1. The standard InChI is InChI=1S/C32H54OS.2C2H6.CH4O/c1-20(2)12-11-15-32(10,33)23-14-17-30(8)26(23)24(34)18-25-29(7)16-13-22(4)28(5,6)27(29)21(3)19-31(25,30)9;3*1-2/h12,21,23-27,33-34H,4,11,13-19H2,1-3,5-10H3;2*1-2H3;2H,1H3/t21?,23?,24?,25?,26?,27?,29?,30-,31?,32?;;;/m1.../s1. The van der Waals surface area contributed by atoms with Crippen molar-refractivity contribution in [3.05, 3.63) is 23.8 Å². The number of rotatable bonds is 4. The van der Waals surface area contributed by atoms with E-state index in [4.69, 9.17) is 17.7 Å². The van der Waals surface area contributed by atoms with E-state index in [0.29, 0.717) is 45.7 Å². The second-order valence-electron chi connectivity index (χ2n) is 15.0. The van der Waals surface area contributed by atoms with Crippen molar-refractivity contribution in [2.45, 2.75) is 152 Å². The molecule has 10 atom stereocenters. The Kier molecular flexibility index (Phi) is 13.2. The monoisotopic (exact) mass is 579 g/mol. The van der Waals surface area contributed by atoms with Crippen LogP contribution in [-0.4, -0.2) is 28.2 Å². The second kappa shape index (κ2) is 14.0. The zero-order chi connectivity index (χ0) is 31.5. The summed E-state index contributed by atoms with van der Waals surface area (Å²) < 4.78 is 0. The minimum Gasteiger partial charge on any atom is -0.400 e. The van der Waals surface area contributed by atoms with Crippen LogP contribution < -0.4 is 0 Å². The summed E-state index contributed by atoms with van der Waals surface area (Å²) in [5.74, 6) is 2.95. The van der Waals surface area contributed by atoms with E-state index in [-0.39, 0.29) is 10.8 Å². The smallest absolute Gasteiger partial charge is 0.0654 e. The lowest BCUT2D eigenvalue weighted by Gasteiger charge is -2.72. The third-order valence-electron chi connectivity index (χ3n) is 12.6. The van der Waals surface area contributed by atoms with Gasteiger partial charge in [-0.15, -0.1) is 0 Å². The summed E-state index contributed by atoms with van der Waals surface area (Å²) in [7, 11) is 1.00. The summed E-state index contributed by atoms with van der Waals surface area (Å²) in [6.45, 7) is 34.5. The van der Waals surface area contributed by atoms with Crippen molar-refractivity contribution in [3.63, 3.8) is 0 Å². The molecule has 0 aromatic carbocycles. The second-order valence-corrected chi connectivity index (χ2v) is 15.7. The molecule has 4 aliphatic carbocycles. The molecule has 4 fully saturated rings. The van der Waals surface area contributed by atoms with Gasteiger partial charge in [-0.25, -0.2) is 0 Å². The van der Waals surface area contributed by atoms with Gasteiger partial charge in [0.1, 0.15) is 0 Å². The Bertz CT molecular complexity index is 854. The Labute approximate surface area is 256 Å². The molecule has 4 aliphatic rings. The van der Waals surface area contributed by atoms with Crippen LogP contribution in [0.25, 0.3) is 0 Å². The summed E-state index contributed by atoms with van der Waals surface area (Å²) in [6.07, 6.45) is 11.5. The minimum atomic E-state index is -0.615. The molecule has 0 amide bonds. The van der Waals surface area contributed by atoms with Crippen LogP contribution in [0.5, 0.6) is 0 Å². The van der Waals surface area contributed by atoms with E-state index in [9.17, 15) is 5.11 Å². The third kappa shape index (κ3) is 6.19. The van der Waals surface area contributed by atoms with E-state index in [2.05, 4.69) is 75.0 Å². The summed E-state index contributed by atoms with van der Waals surface area (Å²) >= 11 is 5.40. The van der Waals surface area contributed by atoms with Crippen molar-refractivity contribution in [2.75, 3.05) is 7.11 Å². The van der Waals surface area contributed by atoms with Gasteiger partial charge in [-0.1, -0.05) is 93.0 Å². The molecule has 2 N–H and O–H groups in total. The molecule has 40 heavy (non-hydrogen) atoms. The van der Waals surface area contributed by atoms with Gasteiger partial charge in [0.2, 0.25) is 0 Å². The number of fused-ring (bicyclic) bond motifs is 5. The van der Waals surface area contributed by atoms with Gasteiger partial charge in [0, 0.05) is 12.4 Å². The van der Waals surface area contributed by atoms with Crippen molar-refractivity contribution in [1.29, 1.82) is 0 Å². The van der Waals surface area contributed by atoms with E-state index < -0.39 is 5.60 Å². The molecule has 0 spiro atoms. The Balaban J connectivity index is 0.00000125. The lowest BCUT2D eigenvalue weighted by atomic mass is 9.33. The number of hydrogen-bond donors (Lipinski definition) is 3. The van der Waals surface area contributed by atoms with Gasteiger partial charge < -0.3 is 10.2 Å². The van der Waals surface area contributed by atoms with Crippen LogP contribution in [0.15, 0.2) is 23.8 Å². The summed E-state index contributed by atoms with van der Waals surface area (Å²) in [5.41, 5.74) is 3.32. The maximum absolute atomic E-state index is 11.8. The summed E-state index contributed by atoms with van der Waals surface area (Å²) in [5, 5.41) is 19.2. The largest absolute Gasteiger partial charge is 0.400 e. The molecule has 0 radical (unpaired) electrons. The molecule has 4 saturated carbocycles. The molecule has 0 saturated heterocycles. The van der Waals surface area contributed by atoms with Gasteiger partial charge in [-0.05, 0) is 123 Å². The molecule has 236 valence electrons. The zero-order valence-electron chi connectivity index (χ0n) is 29.2. The lowest BCUT2D eigenvalue weighted by Crippen LogP contribution is -2.66. The van der Waals surface area contributed by atoms with Crippen molar-refractivity contribution in [1.82, 2.24) is 0 Å². The SMILES string of the molecule is C=C1CCC2(C)C(C(C)CC3(C)C2CC(S)C2C(C(C)(O)CCC=C(C)C)CC[C@]23C)C1(C)C.CC.CC.CO. The van der Waals surface area contributed by atoms with Gasteiger partial charge in [0.25, 0.3) is 0 Å². The fraction of sp³-hybridized carbons (Fsp3) is 0.892.